The average Bonchev–Trinajstić information content (AvgIpc) is 2.44. The second kappa shape index (κ2) is 7.48. The molecule has 2 rings (SSSR count). The first-order valence-corrected chi connectivity index (χ1v) is 6.52. The van der Waals surface area contributed by atoms with Gasteiger partial charge in [0.15, 0.2) is 0 Å². The van der Waals surface area contributed by atoms with E-state index < -0.39 is 0 Å². The number of benzene rings is 1. The molecule has 4 nitrogen and oxygen atoms in total. The summed E-state index contributed by atoms with van der Waals surface area (Å²) in [6.45, 7) is 4.36. The molecule has 100 valence electrons. The van der Waals surface area contributed by atoms with E-state index in [1.165, 1.54) is 5.56 Å². The summed E-state index contributed by atoms with van der Waals surface area (Å²) in [5.41, 5.74) is 2.22. The summed E-state index contributed by atoms with van der Waals surface area (Å²) in [6.07, 6.45) is 2.65. The Hall–Kier alpha value is -1.94. The number of aryl methyl sites for hydroxylation is 1. The lowest BCUT2D eigenvalue weighted by molar-refractivity contribution is 0.284. The molecule has 2 aromatic rings. The van der Waals surface area contributed by atoms with Gasteiger partial charge in [0.2, 0.25) is 0 Å². The van der Waals surface area contributed by atoms with E-state index in [4.69, 9.17) is 4.74 Å². The van der Waals surface area contributed by atoms with Crippen LogP contribution < -0.4 is 10.1 Å². The lowest BCUT2D eigenvalue weighted by atomic mass is 10.2. The van der Waals surface area contributed by atoms with Gasteiger partial charge in [-0.05, 0) is 31.5 Å². The molecule has 0 aliphatic heterocycles. The van der Waals surface area contributed by atoms with E-state index in [9.17, 15) is 0 Å². The van der Waals surface area contributed by atoms with Crippen LogP contribution in [0.3, 0.4) is 0 Å². The summed E-state index contributed by atoms with van der Waals surface area (Å²) in [5.74, 6) is 0. The van der Waals surface area contributed by atoms with Crippen LogP contribution in [0.2, 0.25) is 0 Å². The molecule has 1 aromatic heterocycles. The summed E-state index contributed by atoms with van der Waals surface area (Å²) in [7, 11) is 0. The zero-order chi connectivity index (χ0) is 13.3. The molecule has 1 N–H and O–H groups in total. The van der Waals surface area contributed by atoms with Gasteiger partial charge in [-0.1, -0.05) is 30.3 Å². The number of ether oxygens (including phenoxy) is 1. The minimum absolute atomic E-state index is 0.461. The first-order valence-electron chi connectivity index (χ1n) is 6.52. The highest BCUT2D eigenvalue weighted by Crippen LogP contribution is 2.02. The molecular formula is C15H19N3O. The van der Waals surface area contributed by atoms with Crippen LogP contribution in [0, 0.1) is 6.92 Å². The van der Waals surface area contributed by atoms with Crippen LogP contribution in [0.1, 0.15) is 17.7 Å². The molecule has 4 heteroatoms. The van der Waals surface area contributed by atoms with E-state index in [0.29, 0.717) is 12.6 Å². The molecule has 19 heavy (non-hydrogen) atoms. The fraction of sp³-hybridized carbons (Fsp3) is 0.333. The lowest BCUT2D eigenvalue weighted by Crippen LogP contribution is -2.17. The van der Waals surface area contributed by atoms with E-state index in [-0.39, 0.29) is 0 Å². The predicted octanol–water partition coefficient (Wildman–Crippen LogP) is 2.34. The molecule has 0 saturated carbocycles. The second-order valence-corrected chi connectivity index (χ2v) is 4.34. The van der Waals surface area contributed by atoms with Crippen LogP contribution in [-0.4, -0.2) is 23.1 Å². The minimum atomic E-state index is 0.461. The van der Waals surface area contributed by atoms with E-state index in [0.717, 1.165) is 25.2 Å². The van der Waals surface area contributed by atoms with Gasteiger partial charge in [0.05, 0.1) is 6.61 Å². The summed E-state index contributed by atoms with van der Waals surface area (Å²) in [6, 6.07) is 12.7. The standard InChI is InChI=1S/C15H19N3O/c1-13-8-10-17-15(18-13)19-11-5-9-16-12-14-6-3-2-4-7-14/h2-4,6-8,10,16H,5,9,11-12H2,1H3. The van der Waals surface area contributed by atoms with Crippen LogP contribution in [0.4, 0.5) is 0 Å². The first kappa shape index (κ1) is 13.5. The SMILES string of the molecule is Cc1ccnc(OCCCNCc2ccccc2)n1. The summed E-state index contributed by atoms with van der Waals surface area (Å²) in [4.78, 5) is 8.24. The maximum Gasteiger partial charge on any atom is 0.316 e. The van der Waals surface area contributed by atoms with Gasteiger partial charge in [-0.25, -0.2) is 9.97 Å². The normalized spacial score (nSPS) is 10.4. The minimum Gasteiger partial charge on any atom is -0.463 e. The zero-order valence-corrected chi connectivity index (χ0v) is 11.2. The maximum atomic E-state index is 5.48. The third kappa shape index (κ3) is 5.06. The van der Waals surface area contributed by atoms with Crippen molar-refractivity contribution in [3.8, 4) is 6.01 Å². The highest BCUT2D eigenvalue weighted by molar-refractivity contribution is 5.14. The number of nitrogens with one attached hydrogen (secondary N) is 1. The van der Waals surface area contributed by atoms with Gasteiger partial charge in [-0.3, -0.25) is 0 Å². The van der Waals surface area contributed by atoms with Crippen molar-refractivity contribution in [2.45, 2.75) is 19.9 Å². The van der Waals surface area contributed by atoms with Crippen LogP contribution in [-0.2, 0) is 6.54 Å². The van der Waals surface area contributed by atoms with E-state index in [1.807, 2.05) is 19.1 Å². The Kier molecular flexibility index (Phi) is 5.31. The molecule has 0 aliphatic rings. The highest BCUT2D eigenvalue weighted by Gasteiger charge is 1.97. The maximum absolute atomic E-state index is 5.48. The molecule has 0 bridgehead atoms. The summed E-state index contributed by atoms with van der Waals surface area (Å²) < 4.78 is 5.48. The molecule has 0 fully saturated rings. The van der Waals surface area contributed by atoms with Crippen LogP contribution in [0.15, 0.2) is 42.6 Å². The Balaban J connectivity index is 1.58. The van der Waals surface area contributed by atoms with Crippen molar-refractivity contribution < 1.29 is 4.74 Å². The predicted molar refractivity (Wildman–Crippen MR) is 75.0 cm³/mol. The number of rotatable bonds is 7. The first-order chi connectivity index (χ1) is 9.34. The molecule has 1 heterocycles. The Morgan fingerprint density at radius 1 is 1.16 bits per heavy atom. The van der Waals surface area contributed by atoms with Gasteiger partial charge in [0, 0.05) is 18.4 Å². The molecule has 0 amide bonds. The molecule has 0 aliphatic carbocycles. The van der Waals surface area contributed by atoms with Crippen molar-refractivity contribution in [1.82, 2.24) is 15.3 Å². The summed E-state index contributed by atoms with van der Waals surface area (Å²) in [5, 5.41) is 3.38. The topological polar surface area (TPSA) is 47.0 Å². The third-order valence-corrected chi connectivity index (χ3v) is 2.67. The quantitative estimate of drug-likeness (QED) is 0.773. The van der Waals surface area contributed by atoms with Gasteiger partial charge < -0.3 is 10.1 Å². The molecule has 0 saturated heterocycles. The van der Waals surface area contributed by atoms with Crippen molar-refractivity contribution in [3.05, 3.63) is 53.9 Å². The van der Waals surface area contributed by atoms with Crippen molar-refractivity contribution in [3.63, 3.8) is 0 Å². The number of nitrogens with zero attached hydrogens (tertiary/aromatic N) is 2. The zero-order valence-electron chi connectivity index (χ0n) is 11.2. The average molecular weight is 257 g/mol. The van der Waals surface area contributed by atoms with E-state index in [1.54, 1.807) is 6.20 Å². The number of hydrogen-bond donors (Lipinski definition) is 1. The van der Waals surface area contributed by atoms with Gasteiger partial charge in [-0.2, -0.15) is 0 Å². The molecule has 0 atom stereocenters. The Bertz CT molecular complexity index is 488. The smallest absolute Gasteiger partial charge is 0.316 e. The van der Waals surface area contributed by atoms with Crippen molar-refractivity contribution in [2.75, 3.05) is 13.2 Å². The van der Waals surface area contributed by atoms with E-state index >= 15 is 0 Å². The molecule has 0 unspecified atom stereocenters. The van der Waals surface area contributed by atoms with Crippen LogP contribution in [0.5, 0.6) is 6.01 Å². The molecular weight excluding hydrogens is 238 g/mol. The molecule has 0 radical (unpaired) electrons. The highest BCUT2D eigenvalue weighted by atomic mass is 16.5. The molecule has 1 aromatic carbocycles. The van der Waals surface area contributed by atoms with Gasteiger partial charge in [0.1, 0.15) is 0 Å². The van der Waals surface area contributed by atoms with Crippen molar-refractivity contribution >= 4 is 0 Å². The second-order valence-electron chi connectivity index (χ2n) is 4.34. The fourth-order valence-electron chi connectivity index (χ4n) is 1.68. The van der Waals surface area contributed by atoms with Gasteiger partial charge in [-0.15, -0.1) is 0 Å². The van der Waals surface area contributed by atoms with Crippen molar-refractivity contribution in [1.29, 1.82) is 0 Å². The van der Waals surface area contributed by atoms with E-state index in [2.05, 4.69) is 39.6 Å². The Labute approximate surface area is 113 Å². The third-order valence-electron chi connectivity index (χ3n) is 2.67. The van der Waals surface area contributed by atoms with Crippen LogP contribution in [0.25, 0.3) is 0 Å². The van der Waals surface area contributed by atoms with Gasteiger partial charge >= 0.3 is 6.01 Å². The molecule has 0 spiro atoms. The van der Waals surface area contributed by atoms with Crippen LogP contribution >= 0.6 is 0 Å². The Morgan fingerprint density at radius 2 is 2.00 bits per heavy atom. The fourth-order valence-corrected chi connectivity index (χ4v) is 1.68. The lowest BCUT2D eigenvalue weighted by Gasteiger charge is -2.06. The number of hydrogen-bond acceptors (Lipinski definition) is 4. The summed E-state index contributed by atoms with van der Waals surface area (Å²) >= 11 is 0. The van der Waals surface area contributed by atoms with Gasteiger partial charge in [0.25, 0.3) is 0 Å². The monoisotopic (exact) mass is 257 g/mol. The number of aromatic nitrogens is 2. The largest absolute Gasteiger partial charge is 0.463 e. The van der Waals surface area contributed by atoms with Crippen molar-refractivity contribution in [2.24, 2.45) is 0 Å². The Morgan fingerprint density at radius 3 is 2.79 bits per heavy atom.